The van der Waals surface area contributed by atoms with E-state index in [4.69, 9.17) is 0 Å². The SMILES string of the molecule is CC1(O)CCN(C(=O)C2CCCCC2C(F)(F)F)CC1. The summed E-state index contributed by atoms with van der Waals surface area (Å²) in [5.74, 6) is -2.79. The first-order valence-electron chi connectivity index (χ1n) is 7.29. The van der Waals surface area contributed by atoms with Crippen molar-refractivity contribution < 1.29 is 23.1 Å². The summed E-state index contributed by atoms with van der Waals surface area (Å²) in [5.41, 5.74) is -0.799. The van der Waals surface area contributed by atoms with Gasteiger partial charge in [0.1, 0.15) is 0 Å². The van der Waals surface area contributed by atoms with Crippen molar-refractivity contribution in [2.75, 3.05) is 13.1 Å². The van der Waals surface area contributed by atoms with E-state index in [2.05, 4.69) is 0 Å². The average Bonchev–Trinajstić information content (AvgIpc) is 2.37. The minimum atomic E-state index is -4.29. The number of aliphatic hydroxyl groups is 1. The Balaban J connectivity index is 2.03. The lowest BCUT2D eigenvalue weighted by molar-refractivity contribution is -0.201. The van der Waals surface area contributed by atoms with Crippen LogP contribution in [0, 0.1) is 11.8 Å². The molecule has 20 heavy (non-hydrogen) atoms. The van der Waals surface area contributed by atoms with Crippen LogP contribution in [0.3, 0.4) is 0 Å². The Morgan fingerprint density at radius 1 is 1.20 bits per heavy atom. The van der Waals surface area contributed by atoms with Crippen LogP contribution in [0.15, 0.2) is 0 Å². The number of likely N-dealkylation sites (tertiary alicyclic amines) is 1. The predicted molar refractivity (Wildman–Crippen MR) is 67.9 cm³/mol. The molecule has 1 saturated carbocycles. The Morgan fingerprint density at radius 2 is 1.75 bits per heavy atom. The molecule has 0 spiro atoms. The summed E-state index contributed by atoms with van der Waals surface area (Å²) in [6, 6.07) is 0. The van der Waals surface area contributed by atoms with Gasteiger partial charge in [0.15, 0.2) is 0 Å². The topological polar surface area (TPSA) is 40.5 Å². The van der Waals surface area contributed by atoms with Crippen LogP contribution in [-0.2, 0) is 4.79 Å². The molecule has 1 aliphatic heterocycles. The van der Waals surface area contributed by atoms with E-state index in [0.717, 1.165) is 0 Å². The maximum absolute atomic E-state index is 13.0. The second kappa shape index (κ2) is 5.54. The fourth-order valence-electron chi connectivity index (χ4n) is 3.26. The van der Waals surface area contributed by atoms with E-state index < -0.39 is 23.6 Å². The first-order valence-corrected chi connectivity index (χ1v) is 7.29. The molecule has 1 amide bonds. The van der Waals surface area contributed by atoms with Crippen LogP contribution in [0.25, 0.3) is 0 Å². The van der Waals surface area contributed by atoms with E-state index in [1.807, 2.05) is 0 Å². The maximum atomic E-state index is 13.0. The van der Waals surface area contributed by atoms with E-state index in [9.17, 15) is 23.1 Å². The van der Waals surface area contributed by atoms with Crippen molar-refractivity contribution >= 4 is 5.91 Å². The minimum Gasteiger partial charge on any atom is -0.390 e. The lowest BCUT2D eigenvalue weighted by Crippen LogP contribution is -2.50. The number of piperidine rings is 1. The third-order valence-corrected chi connectivity index (χ3v) is 4.66. The molecule has 6 heteroatoms. The summed E-state index contributed by atoms with van der Waals surface area (Å²) in [6.07, 6.45) is -1.80. The summed E-state index contributed by atoms with van der Waals surface area (Å²) in [7, 11) is 0. The molecule has 0 bridgehead atoms. The van der Waals surface area contributed by atoms with Gasteiger partial charge in [0.05, 0.1) is 11.5 Å². The summed E-state index contributed by atoms with van der Waals surface area (Å²) in [5, 5.41) is 9.85. The fourth-order valence-corrected chi connectivity index (χ4v) is 3.26. The average molecular weight is 293 g/mol. The summed E-state index contributed by atoms with van der Waals surface area (Å²) >= 11 is 0. The van der Waals surface area contributed by atoms with Gasteiger partial charge in [-0.25, -0.2) is 0 Å². The number of rotatable bonds is 1. The zero-order valence-electron chi connectivity index (χ0n) is 11.7. The first-order chi connectivity index (χ1) is 9.21. The highest BCUT2D eigenvalue weighted by Gasteiger charge is 2.49. The van der Waals surface area contributed by atoms with Crippen molar-refractivity contribution in [3.8, 4) is 0 Å². The molecule has 1 heterocycles. The smallest absolute Gasteiger partial charge is 0.390 e. The van der Waals surface area contributed by atoms with Gasteiger partial charge < -0.3 is 10.0 Å². The fraction of sp³-hybridized carbons (Fsp3) is 0.929. The van der Waals surface area contributed by atoms with Gasteiger partial charge in [0, 0.05) is 19.0 Å². The number of hydrogen-bond acceptors (Lipinski definition) is 2. The van der Waals surface area contributed by atoms with Gasteiger partial charge in [0.25, 0.3) is 0 Å². The van der Waals surface area contributed by atoms with Crippen molar-refractivity contribution in [3.63, 3.8) is 0 Å². The van der Waals surface area contributed by atoms with Gasteiger partial charge >= 0.3 is 6.18 Å². The van der Waals surface area contributed by atoms with Crippen LogP contribution in [0.5, 0.6) is 0 Å². The molecule has 1 saturated heterocycles. The molecule has 2 aliphatic rings. The van der Waals surface area contributed by atoms with Crippen LogP contribution in [0.1, 0.15) is 45.4 Å². The second-order valence-corrected chi connectivity index (χ2v) is 6.36. The predicted octanol–water partition coefficient (Wildman–Crippen LogP) is 2.73. The van der Waals surface area contributed by atoms with Crippen molar-refractivity contribution in [2.24, 2.45) is 11.8 Å². The van der Waals surface area contributed by atoms with Crippen molar-refractivity contribution in [1.82, 2.24) is 4.90 Å². The third-order valence-electron chi connectivity index (χ3n) is 4.66. The molecule has 3 nitrogen and oxygen atoms in total. The largest absolute Gasteiger partial charge is 0.392 e. The molecule has 2 fully saturated rings. The molecule has 0 aromatic rings. The Morgan fingerprint density at radius 3 is 2.30 bits per heavy atom. The van der Waals surface area contributed by atoms with Crippen molar-refractivity contribution in [2.45, 2.75) is 57.2 Å². The highest BCUT2D eigenvalue weighted by atomic mass is 19.4. The van der Waals surface area contributed by atoms with Crippen LogP contribution >= 0.6 is 0 Å². The van der Waals surface area contributed by atoms with Crippen LogP contribution in [0.4, 0.5) is 13.2 Å². The Bertz CT molecular complexity index is 358. The van der Waals surface area contributed by atoms with Crippen molar-refractivity contribution in [1.29, 1.82) is 0 Å². The molecule has 0 radical (unpaired) electrons. The Kier molecular flexibility index (Phi) is 4.33. The summed E-state index contributed by atoms with van der Waals surface area (Å²) in [4.78, 5) is 13.9. The molecule has 2 rings (SSSR count). The number of halogens is 3. The highest BCUT2D eigenvalue weighted by Crippen LogP contribution is 2.42. The molecule has 2 unspecified atom stereocenters. The standard InChI is InChI=1S/C14H22F3NO2/c1-13(20)6-8-18(9-7-13)12(19)10-4-2-3-5-11(10)14(15,16)17/h10-11,20H,2-9H2,1H3. The molecular formula is C14H22F3NO2. The van der Waals surface area contributed by atoms with Crippen LogP contribution < -0.4 is 0 Å². The van der Waals surface area contributed by atoms with E-state index in [0.29, 0.717) is 45.2 Å². The molecule has 2 atom stereocenters. The molecular weight excluding hydrogens is 271 g/mol. The number of nitrogens with zero attached hydrogens (tertiary/aromatic N) is 1. The van der Waals surface area contributed by atoms with Gasteiger partial charge in [-0.05, 0) is 32.6 Å². The first kappa shape index (κ1) is 15.6. The monoisotopic (exact) mass is 293 g/mol. The number of alkyl halides is 3. The van der Waals surface area contributed by atoms with E-state index in [1.54, 1.807) is 6.92 Å². The summed E-state index contributed by atoms with van der Waals surface area (Å²) in [6.45, 7) is 2.41. The second-order valence-electron chi connectivity index (χ2n) is 6.36. The third kappa shape index (κ3) is 3.45. The van der Waals surface area contributed by atoms with E-state index in [-0.39, 0.29) is 12.3 Å². The van der Waals surface area contributed by atoms with Crippen LogP contribution in [-0.4, -0.2) is 40.8 Å². The highest BCUT2D eigenvalue weighted by molar-refractivity contribution is 5.79. The van der Waals surface area contributed by atoms with E-state index >= 15 is 0 Å². The number of carbonyl (C=O) groups is 1. The number of amides is 1. The molecule has 1 N–H and O–H groups in total. The maximum Gasteiger partial charge on any atom is 0.392 e. The number of carbonyl (C=O) groups excluding carboxylic acids is 1. The molecule has 0 aromatic carbocycles. The Hall–Kier alpha value is -0.780. The van der Waals surface area contributed by atoms with Gasteiger partial charge in [0.2, 0.25) is 5.91 Å². The van der Waals surface area contributed by atoms with E-state index in [1.165, 1.54) is 4.90 Å². The summed E-state index contributed by atoms with van der Waals surface area (Å²) < 4.78 is 39.1. The normalized spacial score (nSPS) is 31.1. The molecule has 1 aliphatic carbocycles. The van der Waals surface area contributed by atoms with Gasteiger partial charge in [-0.3, -0.25) is 4.79 Å². The lowest BCUT2D eigenvalue weighted by Gasteiger charge is -2.40. The zero-order valence-corrected chi connectivity index (χ0v) is 11.7. The Labute approximate surface area is 117 Å². The number of hydrogen-bond donors (Lipinski definition) is 1. The van der Waals surface area contributed by atoms with Gasteiger partial charge in [-0.15, -0.1) is 0 Å². The molecule has 116 valence electrons. The zero-order chi connectivity index (χ0) is 15.0. The lowest BCUT2D eigenvalue weighted by atomic mass is 9.77. The van der Waals surface area contributed by atoms with Gasteiger partial charge in [-0.1, -0.05) is 12.8 Å². The van der Waals surface area contributed by atoms with Crippen molar-refractivity contribution in [3.05, 3.63) is 0 Å². The quantitative estimate of drug-likeness (QED) is 0.807. The van der Waals surface area contributed by atoms with Gasteiger partial charge in [-0.2, -0.15) is 13.2 Å². The van der Waals surface area contributed by atoms with Crippen LogP contribution in [0.2, 0.25) is 0 Å². The minimum absolute atomic E-state index is 0.0610. The molecule has 0 aromatic heterocycles.